The van der Waals surface area contributed by atoms with Crippen molar-refractivity contribution >= 4 is 69.0 Å². The third kappa shape index (κ3) is 16.9. The van der Waals surface area contributed by atoms with Gasteiger partial charge in [0.25, 0.3) is 0 Å². The number of ether oxygens (including phenoxy) is 1. The molecule has 1 amide bonds. The first-order valence-electron chi connectivity index (χ1n) is 14.8. The van der Waals surface area contributed by atoms with E-state index in [2.05, 4.69) is 30.1 Å². The molecule has 0 unspecified atom stereocenters. The van der Waals surface area contributed by atoms with Crippen molar-refractivity contribution in [2.24, 2.45) is 0 Å². The van der Waals surface area contributed by atoms with Gasteiger partial charge in [0.15, 0.2) is 28.9 Å². The number of allylic oxidation sites excluding steroid dienone is 1. The van der Waals surface area contributed by atoms with Crippen LogP contribution in [0.5, 0.6) is 0 Å². The quantitative estimate of drug-likeness (QED) is 0.0597. The Morgan fingerprint density at radius 3 is 1.71 bits per heavy atom. The van der Waals surface area contributed by atoms with Crippen LogP contribution in [0.2, 0.25) is 0 Å². The average Bonchev–Trinajstić information content (AvgIpc) is 3.94. The smallest absolute Gasteiger partial charge is 1.00 e. The van der Waals surface area contributed by atoms with E-state index < -0.39 is 0 Å². The van der Waals surface area contributed by atoms with Crippen LogP contribution in [0.3, 0.4) is 0 Å². The van der Waals surface area contributed by atoms with Gasteiger partial charge in [0.1, 0.15) is 11.4 Å². The monoisotopic (exact) mass is 785 g/mol. The Bertz CT molecular complexity index is 1510. The van der Waals surface area contributed by atoms with E-state index in [1.54, 1.807) is 12.1 Å². The molecule has 0 saturated carbocycles. The van der Waals surface area contributed by atoms with Crippen molar-refractivity contribution in [1.82, 2.24) is 15.4 Å². The van der Waals surface area contributed by atoms with Gasteiger partial charge in [-0.1, -0.05) is 29.0 Å². The number of amides is 1. The van der Waals surface area contributed by atoms with Gasteiger partial charge < -0.3 is 37.3 Å². The van der Waals surface area contributed by atoms with E-state index in [9.17, 15) is 19.2 Å². The molecule has 4 aromatic heterocycles. The first-order valence-corrected chi connectivity index (χ1v) is 16.6. The Morgan fingerprint density at radius 1 is 0.878 bits per heavy atom. The Labute approximate surface area is 321 Å². The van der Waals surface area contributed by atoms with Gasteiger partial charge in [-0.25, -0.2) is 5.06 Å². The third-order valence-electron chi connectivity index (χ3n) is 6.42. The van der Waals surface area contributed by atoms with Crippen molar-refractivity contribution < 1.29 is 54.8 Å². The van der Waals surface area contributed by atoms with Gasteiger partial charge in [0.2, 0.25) is 5.91 Å². The number of aromatic nitrogens is 2. The first kappa shape index (κ1) is 45.9. The van der Waals surface area contributed by atoms with Crippen LogP contribution in [-0.2, 0) is 19.2 Å². The van der Waals surface area contributed by atoms with Crippen LogP contribution < -0.4 is 17.0 Å². The molecule has 11 nitrogen and oxygen atoms in total. The Morgan fingerprint density at radius 2 is 1.35 bits per heavy atom. The van der Waals surface area contributed by atoms with E-state index in [4.69, 9.17) is 18.6 Å². The van der Waals surface area contributed by atoms with Gasteiger partial charge in [-0.2, -0.15) is 0 Å². The fourth-order valence-electron chi connectivity index (χ4n) is 3.83. The molecule has 1 saturated heterocycles. The molecule has 0 bridgehead atoms. The third-order valence-corrected chi connectivity index (χ3v) is 8.19. The molecule has 0 atom stereocenters. The van der Waals surface area contributed by atoms with Crippen LogP contribution in [0, 0.1) is 6.58 Å². The van der Waals surface area contributed by atoms with Gasteiger partial charge in [-0.05, 0) is 54.7 Å². The summed E-state index contributed by atoms with van der Waals surface area (Å²) in [7, 11) is 2.96. The predicted molar refractivity (Wildman–Crippen MR) is 187 cm³/mol. The molecule has 0 spiro atoms. The molecule has 15 heteroatoms. The fraction of sp³-hybridized carbons (Fsp3) is 0.353. The molecule has 1 fully saturated rings. The number of rotatable bonds is 14. The van der Waals surface area contributed by atoms with E-state index in [0.29, 0.717) is 42.2 Å². The topological polar surface area (TPSA) is 142 Å². The molecule has 0 N–H and O–H groups in total. The summed E-state index contributed by atoms with van der Waals surface area (Å²) in [6.45, 7) is 12.4. The van der Waals surface area contributed by atoms with Crippen molar-refractivity contribution in [3.8, 4) is 21.3 Å². The molecular weight excluding hydrogens is 747 g/mol. The van der Waals surface area contributed by atoms with Crippen LogP contribution >= 0.6 is 22.7 Å². The van der Waals surface area contributed by atoms with Gasteiger partial charge >= 0.3 is 23.1 Å². The average molecular weight is 787 g/mol. The second-order valence-electron chi connectivity index (χ2n) is 9.72. The summed E-state index contributed by atoms with van der Waals surface area (Å²) < 4.78 is 15.2. The second kappa shape index (κ2) is 26.8. The molecule has 0 aliphatic carbocycles. The maximum absolute atomic E-state index is 12.0. The Hall–Kier alpha value is -3.05. The summed E-state index contributed by atoms with van der Waals surface area (Å²) in [4.78, 5) is 53.0. The minimum absolute atomic E-state index is 0. The number of halogens is 1. The summed E-state index contributed by atoms with van der Waals surface area (Å²) in [6, 6.07) is 10.9. The maximum Gasteiger partial charge on any atom is 2.00 e. The molecule has 4 aromatic rings. The first-order chi connectivity index (χ1) is 22.8. The summed E-state index contributed by atoms with van der Waals surface area (Å²) >= 11 is 3.04. The van der Waals surface area contributed by atoms with E-state index in [0.717, 1.165) is 28.0 Å². The fourth-order valence-corrected chi connectivity index (χ4v) is 5.18. The summed E-state index contributed by atoms with van der Waals surface area (Å²) in [5.74, 6) is 0.735. The number of hydrogen-bond donors (Lipinski definition) is 0. The maximum atomic E-state index is 12.0. The van der Waals surface area contributed by atoms with Crippen LogP contribution in [0.1, 0.15) is 72.3 Å². The number of hydroxylamine groups is 2. The van der Waals surface area contributed by atoms with E-state index >= 15 is 0 Å². The molecule has 1 aliphatic rings. The predicted octanol–water partition coefficient (Wildman–Crippen LogP) is 4.31. The molecule has 5 rings (SSSR count). The van der Waals surface area contributed by atoms with Crippen molar-refractivity contribution in [3.63, 3.8) is 0 Å². The van der Waals surface area contributed by atoms with Crippen molar-refractivity contribution in [1.29, 1.82) is 0 Å². The molecule has 1 aliphatic heterocycles. The standard InChI is InChI=1S/C14H16N2O4S.C14H13NO3S.C4H8O.C2H3.BrH.Mg/c1-16(19-2)14(18)7-3-5-11(17)10-9-12(20-15-10)13-6-4-8-21-13;1-2-10(16)5-3-6-12(17)11-9-13(18-15-11)14-7-4-8-19-14;1-2-4-5-3-1;1-2;;/h4,6,8-9H,3,5,7H2,1-2H3;2,4,7-9H,1,3,5-6H2;1-4H2;1H,2H2;1H;/q;;;-1;;+2/p-1. The van der Waals surface area contributed by atoms with Crippen LogP contribution in [0.15, 0.2) is 75.4 Å². The Balaban J connectivity index is 0.000000762. The van der Waals surface area contributed by atoms with Crippen LogP contribution in [0.4, 0.5) is 0 Å². The van der Waals surface area contributed by atoms with Crippen molar-refractivity contribution in [3.05, 3.63) is 84.4 Å². The summed E-state index contributed by atoms with van der Waals surface area (Å²) in [5.41, 5.74) is 0.611. The summed E-state index contributed by atoms with van der Waals surface area (Å²) in [5, 5.41) is 12.6. The number of hydrogen-bond acceptors (Lipinski definition) is 12. The van der Waals surface area contributed by atoms with Crippen molar-refractivity contribution in [2.75, 3.05) is 27.4 Å². The van der Waals surface area contributed by atoms with Crippen LogP contribution in [-0.4, -0.2) is 89.1 Å². The van der Waals surface area contributed by atoms with Crippen LogP contribution in [0.25, 0.3) is 21.3 Å². The van der Waals surface area contributed by atoms with E-state index in [-0.39, 0.29) is 82.6 Å². The number of nitrogens with zero attached hydrogens (tertiary/aromatic N) is 3. The molecule has 0 aromatic carbocycles. The normalized spacial score (nSPS) is 11.1. The van der Waals surface area contributed by atoms with Gasteiger partial charge in [-0.3, -0.25) is 30.6 Å². The molecule has 5 heterocycles. The number of carbonyl (C=O) groups excluding carboxylic acids is 4. The molecule has 49 heavy (non-hydrogen) atoms. The minimum Gasteiger partial charge on any atom is -1.00 e. The zero-order valence-electron chi connectivity index (χ0n) is 27.8. The zero-order valence-corrected chi connectivity index (χ0v) is 32.4. The number of Topliss-reactive ketones (excluding diaryl/α,β-unsaturated/α-hetero) is 2. The minimum atomic E-state index is -0.162. The van der Waals surface area contributed by atoms with E-state index in [1.165, 1.54) is 55.7 Å². The zero-order chi connectivity index (χ0) is 34.4. The van der Waals surface area contributed by atoms with Crippen molar-refractivity contribution in [2.45, 2.75) is 51.4 Å². The van der Waals surface area contributed by atoms with Gasteiger partial charge in [0.05, 0.1) is 16.9 Å². The number of thiophene rings is 2. The van der Waals surface area contributed by atoms with Gasteiger partial charge in [0, 0.05) is 58.1 Å². The molecular formula is C34H40BrMgN3O8S2. The molecule has 0 radical (unpaired) electrons. The van der Waals surface area contributed by atoms with E-state index in [1.807, 2.05) is 35.0 Å². The SMILES string of the molecule is C1CCOC1.C=CC(=O)CCCC(=O)c1cc(-c2cccs2)on1.CON(C)C(=O)CCCC(=O)c1cc(-c2cccs2)on1.[Br-].[CH-]=C.[Mg+2]. The largest absolute Gasteiger partial charge is 2.00 e. The number of ketones is 3. The number of carbonyl (C=O) groups is 4. The summed E-state index contributed by atoms with van der Waals surface area (Å²) in [6.07, 6.45) is 5.92. The van der Waals surface area contributed by atoms with Gasteiger partial charge in [-0.15, -0.1) is 22.7 Å². The molecule has 260 valence electrons. The second-order valence-corrected chi connectivity index (χ2v) is 11.6. The Kier molecular flexibility index (Phi) is 25.1.